The molecule has 0 spiro atoms. The number of methoxy groups -OCH3 is 1. The second-order valence-electron chi connectivity index (χ2n) is 12.0. The number of aromatic nitrogens is 1. The molecule has 2 aromatic carbocycles. The summed E-state index contributed by atoms with van der Waals surface area (Å²) in [5, 5.41) is 0.988. The van der Waals surface area contributed by atoms with E-state index in [1.165, 1.54) is 18.4 Å². The van der Waals surface area contributed by atoms with Crippen LogP contribution in [0.1, 0.15) is 73.4 Å². The summed E-state index contributed by atoms with van der Waals surface area (Å²) in [5.74, 6) is 0.476. The highest BCUT2D eigenvalue weighted by molar-refractivity contribution is 7.89. The number of rotatable bonds is 11. The minimum Gasteiger partial charge on any atom is -0.385 e. The van der Waals surface area contributed by atoms with Crippen LogP contribution < -0.4 is 5.73 Å². The minimum absolute atomic E-state index is 0.110. The molecule has 1 amide bonds. The fraction of sp³-hybridized carbons (Fsp3) is 0.531. The molecule has 3 N–H and O–H groups in total. The maximum atomic E-state index is 12.8. The van der Waals surface area contributed by atoms with Gasteiger partial charge in [-0.1, -0.05) is 32.0 Å². The Labute approximate surface area is 244 Å². The van der Waals surface area contributed by atoms with E-state index >= 15 is 0 Å². The SMILES string of the molecule is COCCCS(=O)(=O)N1CCC(c2c[nH]c3c(C(N)=O)cc(-c4cccc(CN5CCCC5C(C)C)c4)cc23)CC1. The molecular weight excluding hydrogens is 536 g/mol. The van der Waals surface area contributed by atoms with Gasteiger partial charge in [0.2, 0.25) is 10.0 Å². The van der Waals surface area contributed by atoms with E-state index in [2.05, 4.69) is 54.1 Å². The van der Waals surface area contributed by atoms with Gasteiger partial charge in [-0.2, -0.15) is 0 Å². The van der Waals surface area contributed by atoms with Crippen molar-refractivity contribution in [2.45, 2.75) is 64.5 Å². The lowest BCUT2D eigenvalue weighted by molar-refractivity contribution is 0.100. The standard InChI is InChI=1S/C32H44N4O4S/c1-22(2)30-9-5-12-35(30)21-23-7-4-8-25(17-23)26-18-27-29(20-34-31(27)28(19-26)32(33)37)24-10-13-36(14-11-24)41(38,39)16-6-15-40-3/h4,7-8,17-20,22,24,30,34H,5-6,9-16,21H2,1-3H3,(H2,33,37). The number of fused-ring (bicyclic) bond motifs is 1. The summed E-state index contributed by atoms with van der Waals surface area (Å²) in [6.07, 6.45) is 6.44. The van der Waals surface area contributed by atoms with Gasteiger partial charge in [-0.25, -0.2) is 12.7 Å². The van der Waals surface area contributed by atoms with Crippen LogP contribution in [0.15, 0.2) is 42.6 Å². The van der Waals surface area contributed by atoms with Gasteiger partial charge >= 0.3 is 0 Å². The van der Waals surface area contributed by atoms with Crippen molar-refractivity contribution in [1.29, 1.82) is 0 Å². The van der Waals surface area contributed by atoms with Gasteiger partial charge in [0.1, 0.15) is 0 Å². The van der Waals surface area contributed by atoms with E-state index in [0.717, 1.165) is 53.5 Å². The third kappa shape index (κ3) is 6.53. The lowest BCUT2D eigenvalue weighted by Gasteiger charge is -2.31. The smallest absolute Gasteiger partial charge is 0.250 e. The average molecular weight is 581 g/mol. The number of primary amides is 1. The zero-order chi connectivity index (χ0) is 29.1. The molecule has 2 saturated heterocycles. The monoisotopic (exact) mass is 580 g/mol. The topological polar surface area (TPSA) is 109 Å². The van der Waals surface area contributed by atoms with E-state index in [4.69, 9.17) is 10.5 Å². The van der Waals surface area contributed by atoms with Crippen molar-refractivity contribution >= 4 is 26.8 Å². The van der Waals surface area contributed by atoms with E-state index in [1.54, 1.807) is 11.4 Å². The maximum Gasteiger partial charge on any atom is 0.250 e. The summed E-state index contributed by atoms with van der Waals surface area (Å²) < 4.78 is 32.2. The van der Waals surface area contributed by atoms with Crippen LogP contribution >= 0.6 is 0 Å². The molecule has 0 aliphatic carbocycles. The van der Waals surface area contributed by atoms with E-state index in [0.29, 0.717) is 43.6 Å². The fourth-order valence-corrected chi connectivity index (χ4v) is 8.31. The Bertz CT molecular complexity index is 1470. The Morgan fingerprint density at radius 2 is 1.88 bits per heavy atom. The highest BCUT2D eigenvalue weighted by Crippen LogP contribution is 2.37. The molecule has 41 heavy (non-hydrogen) atoms. The van der Waals surface area contributed by atoms with Gasteiger partial charge in [-0.15, -0.1) is 0 Å². The predicted molar refractivity (Wildman–Crippen MR) is 164 cm³/mol. The molecular formula is C32H44N4O4S. The number of nitrogens with zero attached hydrogens (tertiary/aromatic N) is 2. The van der Waals surface area contributed by atoms with E-state index in [-0.39, 0.29) is 11.7 Å². The Balaban J connectivity index is 1.40. The summed E-state index contributed by atoms with van der Waals surface area (Å²) in [7, 11) is -1.71. The van der Waals surface area contributed by atoms with Crippen LogP contribution in [0.25, 0.3) is 22.0 Å². The minimum atomic E-state index is -3.29. The molecule has 1 aromatic heterocycles. The number of amides is 1. The Kier molecular flexibility index (Phi) is 9.18. The van der Waals surface area contributed by atoms with Gasteiger partial charge < -0.3 is 15.5 Å². The Morgan fingerprint density at radius 3 is 2.59 bits per heavy atom. The van der Waals surface area contributed by atoms with Gasteiger partial charge in [0.15, 0.2) is 0 Å². The first-order valence-corrected chi connectivity index (χ1v) is 16.5. The number of aromatic amines is 1. The number of hydrogen-bond donors (Lipinski definition) is 2. The average Bonchev–Trinajstić information content (AvgIpc) is 3.60. The van der Waals surface area contributed by atoms with Crippen molar-refractivity contribution in [2.75, 3.05) is 39.1 Å². The number of H-pyrrole nitrogens is 1. The molecule has 2 aliphatic heterocycles. The molecule has 222 valence electrons. The number of piperidine rings is 1. The molecule has 0 radical (unpaired) electrons. The Morgan fingerprint density at radius 1 is 1.10 bits per heavy atom. The van der Waals surface area contributed by atoms with Gasteiger partial charge in [0.25, 0.3) is 5.91 Å². The van der Waals surface area contributed by atoms with Crippen LogP contribution in [0.5, 0.6) is 0 Å². The molecule has 1 unspecified atom stereocenters. The van der Waals surface area contributed by atoms with Crippen molar-refractivity contribution < 1.29 is 17.9 Å². The lowest BCUT2D eigenvalue weighted by Crippen LogP contribution is -2.39. The van der Waals surface area contributed by atoms with Crippen LogP contribution in [0.2, 0.25) is 0 Å². The lowest BCUT2D eigenvalue weighted by atomic mass is 9.88. The van der Waals surface area contributed by atoms with Gasteiger partial charge in [0.05, 0.1) is 16.8 Å². The fourth-order valence-electron chi connectivity index (χ4n) is 6.80. The molecule has 2 aliphatic rings. The number of hydrogen-bond acceptors (Lipinski definition) is 5. The summed E-state index contributed by atoms with van der Waals surface area (Å²) in [6.45, 7) is 8.08. The van der Waals surface area contributed by atoms with Crippen LogP contribution in [-0.2, 0) is 21.3 Å². The largest absolute Gasteiger partial charge is 0.385 e. The normalized spacial score (nSPS) is 19.5. The zero-order valence-corrected chi connectivity index (χ0v) is 25.4. The summed E-state index contributed by atoms with van der Waals surface area (Å²) >= 11 is 0. The molecule has 3 aromatic rings. The Hall–Kier alpha value is -2.72. The third-order valence-corrected chi connectivity index (χ3v) is 10.9. The van der Waals surface area contributed by atoms with Gasteiger partial charge in [-0.05, 0) is 90.9 Å². The van der Waals surface area contributed by atoms with E-state index in [9.17, 15) is 13.2 Å². The second kappa shape index (κ2) is 12.7. The number of benzene rings is 2. The number of carbonyl (C=O) groups is 1. The van der Waals surface area contributed by atoms with E-state index in [1.807, 2.05) is 12.3 Å². The summed E-state index contributed by atoms with van der Waals surface area (Å²) in [6, 6.07) is 13.3. The number of sulfonamides is 1. The zero-order valence-electron chi connectivity index (χ0n) is 24.6. The molecule has 8 nitrogen and oxygen atoms in total. The van der Waals surface area contributed by atoms with Gasteiger partial charge in [-0.3, -0.25) is 9.69 Å². The van der Waals surface area contributed by atoms with Crippen molar-refractivity contribution in [3.63, 3.8) is 0 Å². The first-order chi connectivity index (χ1) is 19.7. The quantitative estimate of drug-likeness (QED) is 0.307. The number of likely N-dealkylation sites (tertiary alicyclic amines) is 1. The van der Waals surface area contributed by atoms with Crippen LogP contribution in [0, 0.1) is 5.92 Å². The van der Waals surface area contributed by atoms with Crippen molar-refractivity contribution in [3.8, 4) is 11.1 Å². The number of ether oxygens (including phenoxy) is 1. The first-order valence-electron chi connectivity index (χ1n) is 14.9. The third-order valence-electron chi connectivity index (χ3n) is 8.95. The van der Waals surface area contributed by atoms with Crippen molar-refractivity contribution in [2.24, 2.45) is 11.7 Å². The number of nitrogens with two attached hydrogens (primary N) is 1. The summed E-state index contributed by atoms with van der Waals surface area (Å²) in [5.41, 5.74) is 11.5. The number of carbonyl (C=O) groups excluding carboxylic acids is 1. The molecule has 0 bridgehead atoms. The van der Waals surface area contributed by atoms with Crippen molar-refractivity contribution in [3.05, 3.63) is 59.3 Å². The molecule has 9 heteroatoms. The highest BCUT2D eigenvalue weighted by atomic mass is 32.2. The molecule has 5 rings (SSSR count). The van der Waals surface area contributed by atoms with Crippen LogP contribution in [-0.4, -0.2) is 73.7 Å². The molecule has 3 heterocycles. The van der Waals surface area contributed by atoms with Crippen LogP contribution in [0.4, 0.5) is 0 Å². The number of nitrogens with one attached hydrogen (secondary N) is 1. The van der Waals surface area contributed by atoms with Crippen LogP contribution in [0.3, 0.4) is 0 Å². The van der Waals surface area contributed by atoms with E-state index < -0.39 is 15.9 Å². The van der Waals surface area contributed by atoms with Crippen molar-refractivity contribution in [1.82, 2.24) is 14.2 Å². The maximum absolute atomic E-state index is 12.8. The van der Waals surface area contributed by atoms with Gasteiger partial charge in [0, 0.05) is 51.0 Å². The second-order valence-corrected chi connectivity index (χ2v) is 14.1. The predicted octanol–water partition coefficient (Wildman–Crippen LogP) is 5.10. The first kappa shape index (κ1) is 29.8. The highest BCUT2D eigenvalue weighted by Gasteiger charge is 2.30. The molecule has 2 fully saturated rings. The molecule has 0 saturated carbocycles. The summed E-state index contributed by atoms with van der Waals surface area (Å²) in [4.78, 5) is 18.5. The molecule has 1 atom stereocenters.